The van der Waals surface area contributed by atoms with E-state index in [0.29, 0.717) is 11.5 Å². The number of nitrogens with one attached hydrogen (secondary N) is 1. The second-order valence-electron chi connectivity index (χ2n) is 5.56. The molecule has 0 radical (unpaired) electrons. The van der Waals surface area contributed by atoms with Gasteiger partial charge in [0.2, 0.25) is 5.91 Å². The second kappa shape index (κ2) is 7.01. The largest absolute Gasteiger partial charge is 0.497 e. The minimum Gasteiger partial charge on any atom is -0.497 e. The van der Waals surface area contributed by atoms with Crippen LogP contribution in [0.25, 0.3) is 0 Å². The highest BCUT2D eigenvalue weighted by molar-refractivity contribution is 5.97. The van der Waals surface area contributed by atoms with Crippen molar-refractivity contribution in [2.45, 2.75) is 18.9 Å². The Kier molecular flexibility index (Phi) is 4.62. The first-order chi connectivity index (χ1) is 11.7. The van der Waals surface area contributed by atoms with Gasteiger partial charge in [0.15, 0.2) is 0 Å². The number of amides is 1. The molecule has 6 nitrogen and oxygen atoms in total. The van der Waals surface area contributed by atoms with Crippen LogP contribution in [0.3, 0.4) is 0 Å². The van der Waals surface area contributed by atoms with E-state index in [0.717, 1.165) is 30.8 Å². The molecule has 1 amide bonds. The summed E-state index contributed by atoms with van der Waals surface area (Å²) in [4.78, 5) is 18.9. The van der Waals surface area contributed by atoms with Gasteiger partial charge in [-0.2, -0.15) is 5.26 Å². The fourth-order valence-corrected chi connectivity index (χ4v) is 2.86. The van der Waals surface area contributed by atoms with E-state index in [-0.39, 0.29) is 11.9 Å². The Bertz CT molecular complexity index is 767. The number of methoxy groups -OCH3 is 1. The van der Waals surface area contributed by atoms with E-state index in [1.165, 1.54) is 0 Å². The van der Waals surface area contributed by atoms with Gasteiger partial charge in [-0.05, 0) is 49.2 Å². The molecule has 1 fully saturated rings. The maximum atomic E-state index is 12.6. The van der Waals surface area contributed by atoms with Crippen LogP contribution in [0.15, 0.2) is 42.5 Å². The lowest BCUT2D eigenvalue weighted by Gasteiger charge is -2.25. The van der Waals surface area contributed by atoms with Crippen molar-refractivity contribution >= 4 is 17.4 Å². The second-order valence-corrected chi connectivity index (χ2v) is 5.56. The van der Waals surface area contributed by atoms with Crippen molar-refractivity contribution in [3.8, 4) is 11.8 Å². The summed E-state index contributed by atoms with van der Waals surface area (Å²) in [5, 5.41) is 11.9. The van der Waals surface area contributed by atoms with Gasteiger partial charge < -0.3 is 15.0 Å². The van der Waals surface area contributed by atoms with E-state index in [1.807, 2.05) is 29.2 Å². The van der Waals surface area contributed by atoms with Crippen molar-refractivity contribution in [1.82, 2.24) is 4.98 Å². The van der Waals surface area contributed by atoms with Gasteiger partial charge in [-0.25, -0.2) is 4.98 Å². The van der Waals surface area contributed by atoms with Crippen LogP contribution in [0.5, 0.6) is 5.75 Å². The first-order valence-corrected chi connectivity index (χ1v) is 7.80. The maximum absolute atomic E-state index is 12.6. The molecule has 2 aromatic rings. The summed E-state index contributed by atoms with van der Waals surface area (Å²) in [6, 6.07) is 14.3. The summed E-state index contributed by atoms with van der Waals surface area (Å²) < 4.78 is 5.12. The molecular formula is C18H18N4O2. The Labute approximate surface area is 140 Å². The third-order valence-corrected chi connectivity index (χ3v) is 4.06. The van der Waals surface area contributed by atoms with Crippen LogP contribution in [0, 0.1) is 11.3 Å². The highest BCUT2D eigenvalue weighted by atomic mass is 16.5. The number of ether oxygens (including phenoxy) is 1. The highest BCUT2D eigenvalue weighted by Gasteiger charge is 2.31. The van der Waals surface area contributed by atoms with E-state index < -0.39 is 0 Å². The molecule has 0 aliphatic carbocycles. The highest BCUT2D eigenvalue weighted by Crippen LogP contribution is 2.25. The van der Waals surface area contributed by atoms with Gasteiger partial charge in [0.05, 0.1) is 7.11 Å². The Morgan fingerprint density at radius 3 is 2.83 bits per heavy atom. The summed E-state index contributed by atoms with van der Waals surface area (Å²) in [7, 11) is 1.60. The van der Waals surface area contributed by atoms with Gasteiger partial charge in [0.1, 0.15) is 29.4 Å². The molecule has 0 bridgehead atoms. The van der Waals surface area contributed by atoms with E-state index in [4.69, 9.17) is 10.00 Å². The molecule has 1 aliphatic rings. The lowest BCUT2D eigenvalue weighted by molar-refractivity contribution is -0.117. The summed E-state index contributed by atoms with van der Waals surface area (Å²) in [6.45, 7) is 0.753. The molecule has 2 heterocycles. The van der Waals surface area contributed by atoms with Gasteiger partial charge in [-0.1, -0.05) is 6.07 Å². The predicted molar refractivity (Wildman–Crippen MR) is 90.9 cm³/mol. The molecule has 6 heteroatoms. The number of rotatable bonds is 4. The topological polar surface area (TPSA) is 78.2 Å². The molecule has 122 valence electrons. The van der Waals surface area contributed by atoms with Crippen molar-refractivity contribution in [1.29, 1.82) is 5.26 Å². The standard InChI is InChI=1S/C18H18N4O2/c1-24-15-9-7-13(8-10-15)21-18(23)16-5-3-11-22(16)17-6-2-4-14(12-19)20-17/h2,4,6-10,16H,3,5,11H2,1H3,(H,21,23). The molecule has 1 saturated heterocycles. The fourth-order valence-electron chi connectivity index (χ4n) is 2.86. The van der Waals surface area contributed by atoms with E-state index in [2.05, 4.69) is 10.3 Å². The van der Waals surface area contributed by atoms with Crippen LogP contribution < -0.4 is 15.0 Å². The van der Waals surface area contributed by atoms with E-state index >= 15 is 0 Å². The van der Waals surface area contributed by atoms with Gasteiger partial charge >= 0.3 is 0 Å². The van der Waals surface area contributed by atoms with Crippen LogP contribution in [-0.4, -0.2) is 30.6 Å². The zero-order valence-electron chi connectivity index (χ0n) is 13.4. The Morgan fingerprint density at radius 1 is 1.33 bits per heavy atom. The van der Waals surface area contributed by atoms with E-state index in [9.17, 15) is 4.79 Å². The molecule has 1 unspecified atom stereocenters. The minimum atomic E-state index is -0.284. The van der Waals surface area contributed by atoms with Crippen LogP contribution in [0.4, 0.5) is 11.5 Å². The van der Waals surface area contributed by atoms with Crippen molar-refractivity contribution in [2.24, 2.45) is 0 Å². The first-order valence-electron chi connectivity index (χ1n) is 7.80. The number of nitriles is 1. The number of benzene rings is 1. The van der Waals surface area contributed by atoms with E-state index in [1.54, 1.807) is 31.4 Å². The van der Waals surface area contributed by atoms with Crippen LogP contribution in [0.1, 0.15) is 18.5 Å². The van der Waals surface area contributed by atoms with Gasteiger partial charge in [-0.15, -0.1) is 0 Å². The predicted octanol–water partition coefficient (Wildman–Crippen LogP) is 2.57. The summed E-state index contributed by atoms with van der Waals surface area (Å²) >= 11 is 0. The zero-order valence-corrected chi connectivity index (χ0v) is 13.4. The molecule has 1 aromatic carbocycles. The lowest BCUT2D eigenvalue weighted by atomic mass is 10.2. The monoisotopic (exact) mass is 322 g/mol. The van der Waals surface area contributed by atoms with Crippen LogP contribution in [0.2, 0.25) is 0 Å². The Balaban J connectivity index is 1.74. The normalized spacial score (nSPS) is 16.5. The number of pyridine rings is 1. The zero-order chi connectivity index (χ0) is 16.9. The molecular weight excluding hydrogens is 304 g/mol. The molecule has 24 heavy (non-hydrogen) atoms. The number of anilines is 2. The molecule has 0 spiro atoms. The number of nitrogens with zero attached hydrogens (tertiary/aromatic N) is 3. The van der Waals surface area contributed by atoms with Crippen molar-refractivity contribution in [2.75, 3.05) is 23.9 Å². The SMILES string of the molecule is COc1ccc(NC(=O)C2CCCN2c2cccc(C#N)n2)cc1. The average Bonchev–Trinajstić information content (AvgIpc) is 3.12. The Hall–Kier alpha value is -3.07. The molecule has 1 N–H and O–H groups in total. The Morgan fingerprint density at radius 2 is 2.12 bits per heavy atom. The fraction of sp³-hybridized carbons (Fsp3) is 0.278. The molecule has 1 aliphatic heterocycles. The number of carbonyl (C=O) groups is 1. The van der Waals surface area contributed by atoms with Crippen molar-refractivity contribution in [3.05, 3.63) is 48.2 Å². The van der Waals surface area contributed by atoms with Crippen molar-refractivity contribution in [3.63, 3.8) is 0 Å². The van der Waals surface area contributed by atoms with Crippen LogP contribution in [-0.2, 0) is 4.79 Å². The average molecular weight is 322 g/mol. The third kappa shape index (κ3) is 3.30. The number of carbonyl (C=O) groups excluding carboxylic acids is 1. The van der Waals surface area contributed by atoms with Crippen LogP contribution >= 0.6 is 0 Å². The van der Waals surface area contributed by atoms with Gasteiger partial charge in [0.25, 0.3) is 0 Å². The number of aromatic nitrogens is 1. The lowest BCUT2D eigenvalue weighted by Crippen LogP contribution is -2.40. The third-order valence-electron chi connectivity index (χ3n) is 4.06. The first kappa shape index (κ1) is 15.8. The van der Waals surface area contributed by atoms with Crippen molar-refractivity contribution < 1.29 is 9.53 Å². The molecule has 0 saturated carbocycles. The molecule has 1 atom stereocenters. The smallest absolute Gasteiger partial charge is 0.247 e. The van der Waals surface area contributed by atoms with Gasteiger partial charge in [0, 0.05) is 12.2 Å². The maximum Gasteiger partial charge on any atom is 0.247 e. The van der Waals surface area contributed by atoms with Gasteiger partial charge in [-0.3, -0.25) is 4.79 Å². The summed E-state index contributed by atoms with van der Waals surface area (Å²) in [6.07, 6.45) is 1.68. The molecule has 3 rings (SSSR count). The number of hydrogen-bond donors (Lipinski definition) is 1. The summed E-state index contributed by atoms with van der Waals surface area (Å²) in [5.41, 5.74) is 1.08. The number of hydrogen-bond acceptors (Lipinski definition) is 5. The minimum absolute atomic E-state index is 0.0678. The summed E-state index contributed by atoms with van der Waals surface area (Å²) in [5.74, 6) is 1.34. The quantitative estimate of drug-likeness (QED) is 0.936. The molecule has 1 aromatic heterocycles.